The highest BCUT2D eigenvalue weighted by Gasteiger charge is 2.39. The standard InChI is InChI=1S/C22H32N4O3/c27-21(25-14-16-29-17-15-25)20(18-6-4-5-7-18)24-10-12-26(13-11-24)22(28)23-19-8-2-1-3-9-19/h1-3,8-9,18,20H,4-7,10-17H2,(H,23,28)/t20-/m0/s1. The van der Waals surface area contributed by atoms with Gasteiger partial charge in [0, 0.05) is 45.0 Å². The molecule has 2 heterocycles. The number of benzene rings is 1. The number of carbonyl (C=O) groups excluding carboxylic acids is 2. The van der Waals surface area contributed by atoms with Gasteiger partial charge >= 0.3 is 6.03 Å². The second kappa shape index (κ2) is 9.59. The molecule has 0 spiro atoms. The SMILES string of the molecule is O=C(Nc1ccccc1)N1CCN([C@H](C(=O)N2CCOCC2)C2CCCC2)CC1. The summed E-state index contributed by atoms with van der Waals surface area (Å²) in [4.78, 5) is 32.1. The first-order valence-corrected chi connectivity index (χ1v) is 10.9. The molecule has 0 aromatic heterocycles. The minimum atomic E-state index is -0.0622. The summed E-state index contributed by atoms with van der Waals surface area (Å²) in [7, 11) is 0. The number of hydrogen-bond donors (Lipinski definition) is 1. The van der Waals surface area contributed by atoms with Crippen LogP contribution in [0, 0.1) is 5.92 Å². The van der Waals surface area contributed by atoms with Crippen LogP contribution >= 0.6 is 0 Å². The molecular weight excluding hydrogens is 368 g/mol. The number of hydrogen-bond acceptors (Lipinski definition) is 4. The van der Waals surface area contributed by atoms with Crippen LogP contribution in [0.5, 0.6) is 0 Å². The van der Waals surface area contributed by atoms with Gasteiger partial charge in [0.05, 0.1) is 19.3 Å². The van der Waals surface area contributed by atoms with E-state index < -0.39 is 0 Å². The van der Waals surface area contributed by atoms with Crippen molar-refractivity contribution < 1.29 is 14.3 Å². The molecule has 3 aliphatic rings. The Labute approximate surface area is 173 Å². The van der Waals surface area contributed by atoms with Crippen LogP contribution in [0.3, 0.4) is 0 Å². The Balaban J connectivity index is 1.37. The summed E-state index contributed by atoms with van der Waals surface area (Å²) in [5.74, 6) is 0.706. The van der Waals surface area contributed by atoms with Crippen molar-refractivity contribution in [2.75, 3.05) is 57.8 Å². The molecule has 29 heavy (non-hydrogen) atoms. The van der Waals surface area contributed by atoms with Crippen molar-refractivity contribution in [2.45, 2.75) is 31.7 Å². The Hall–Kier alpha value is -2.12. The number of anilines is 1. The highest BCUT2D eigenvalue weighted by molar-refractivity contribution is 5.89. The zero-order valence-electron chi connectivity index (χ0n) is 17.1. The fourth-order valence-corrected chi connectivity index (χ4v) is 4.83. The van der Waals surface area contributed by atoms with Crippen LogP contribution in [0.25, 0.3) is 0 Å². The second-order valence-corrected chi connectivity index (χ2v) is 8.25. The maximum Gasteiger partial charge on any atom is 0.321 e. The molecule has 1 saturated carbocycles. The molecule has 0 unspecified atom stereocenters. The van der Waals surface area contributed by atoms with Crippen LogP contribution in [-0.4, -0.2) is 85.2 Å². The van der Waals surface area contributed by atoms with E-state index in [9.17, 15) is 9.59 Å². The number of morpholine rings is 1. The van der Waals surface area contributed by atoms with Gasteiger partial charge in [-0.25, -0.2) is 4.79 Å². The summed E-state index contributed by atoms with van der Waals surface area (Å²) >= 11 is 0. The number of amides is 3. The van der Waals surface area contributed by atoms with Crippen LogP contribution < -0.4 is 5.32 Å². The van der Waals surface area contributed by atoms with E-state index in [-0.39, 0.29) is 18.0 Å². The molecule has 4 rings (SSSR count). The Morgan fingerprint density at radius 3 is 2.21 bits per heavy atom. The molecule has 1 N–H and O–H groups in total. The first kappa shape index (κ1) is 20.2. The van der Waals surface area contributed by atoms with Gasteiger partial charge in [-0.15, -0.1) is 0 Å². The highest BCUT2D eigenvalue weighted by Crippen LogP contribution is 2.32. The van der Waals surface area contributed by atoms with E-state index >= 15 is 0 Å². The molecule has 2 aliphatic heterocycles. The molecule has 3 fully saturated rings. The van der Waals surface area contributed by atoms with Crippen molar-refractivity contribution in [2.24, 2.45) is 5.92 Å². The summed E-state index contributed by atoms with van der Waals surface area (Å²) in [5, 5.41) is 2.96. The van der Waals surface area contributed by atoms with Crippen molar-refractivity contribution in [1.29, 1.82) is 0 Å². The van der Waals surface area contributed by atoms with Crippen molar-refractivity contribution in [1.82, 2.24) is 14.7 Å². The summed E-state index contributed by atoms with van der Waals surface area (Å²) < 4.78 is 5.43. The molecule has 2 saturated heterocycles. The van der Waals surface area contributed by atoms with E-state index in [1.807, 2.05) is 40.1 Å². The number of rotatable bonds is 4. The molecular formula is C22H32N4O3. The average molecular weight is 401 g/mol. The number of urea groups is 1. The fourth-order valence-electron chi connectivity index (χ4n) is 4.83. The van der Waals surface area contributed by atoms with Gasteiger partial charge in [-0.1, -0.05) is 31.0 Å². The monoisotopic (exact) mass is 400 g/mol. The Morgan fingerprint density at radius 1 is 0.897 bits per heavy atom. The zero-order chi connectivity index (χ0) is 20.1. The smallest absolute Gasteiger partial charge is 0.321 e. The van der Waals surface area contributed by atoms with Gasteiger partial charge in [0.1, 0.15) is 0 Å². The van der Waals surface area contributed by atoms with E-state index in [2.05, 4.69) is 10.2 Å². The molecule has 1 atom stereocenters. The number of nitrogens with one attached hydrogen (secondary N) is 1. The van der Waals surface area contributed by atoms with Crippen LogP contribution in [0.15, 0.2) is 30.3 Å². The first-order chi connectivity index (χ1) is 14.2. The lowest BCUT2D eigenvalue weighted by atomic mass is 9.94. The molecule has 7 heteroatoms. The minimum Gasteiger partial charge on any atom is -0.378 e. The van der Waals surface area contributed by atoms with Gasteiger partial charge in [0.25, 0.3) is 0 Å². The Bertz CT molecular complexity index is 679. The average Bonchev–Trinajstić information content (AvgIpc) is 3.30. The molecule has 0 bridgehead atoms. The molecule has 1 aromatic carbocycles. The quantitative estimate of drug-likeness (QED) is 0.842. The van der Waals surface area contributed by atoms with Gasteiger partial charge < -0.3 is 19.9 Å². The van der Waals surface area contributed by atoms with Gasteiger partial charge in [-0.3, -0.25) is 9.69 Å². The van der Waals surface area contributed by atoms with Crippen molar-refractivity contribution in [3.05, 3.63) is 30.3 Å². The van der Waals surface area contributed by atoms with Crippen molar-refractivity contribution >= 4 is 17.6 Å². The summed E-state index contributed by atoms with van der Waals surface area (Å²) in [6, 6.07) is 9.44. The predicted octanol–water partition coefficient (Wildman–Crippen LogP) is 2.25. The van der Waals surface area contributed by atoms with Gasteiger partial charge in [0.2, 0.25) is 5.91 Å². The van der Waals surface area contributed by atoms with Gasteiger partial charge in [0.15, 0.2) is 0 Å². The largest absolute Gasteiger partial charge is 0.378 e. The van der Waals surface area contributed by atoms with Crippen LogP contribution in [-0.2, 0) is 9.53 Å². The van der Waals surface area contributed by atoms with Crippen molar-refractivity contribution in [3.8, 4) is 0 Å². The summed E-state index contributed by atoms with van der Waals surface area (Å²) in [6.45, 7) is 5.46. The second-order valence-electron chi connectivity index (χ2n) is 8.25. The lowest BCUT2D eigenvalue weighted by molar-refractivity contribution is -0.144. The summed E-state index contributed by atoms with van der Waals surface area (Å²) in [5.41, 5.74) is 0.811. The number of nitrogens with zero attached hydrogens (tertiary/aromatic N) is 3. The third kappa shape index (κ3) is 4.90. The molecule has 158 valence electrons. The Morgan fingerprint density at radius 2 is 1.55 bits per heavy atom. The minimum absolute atomic E-state index is 0.0464. The van der Waals surface area contributed by atoms with Crippen LogP contribution in [0.1, 0.15) is 25.7 Å². The van der Waals surface area contributed by atoms with Crippen molar-refractivity contribution in [3.63, 3.8) is 0 Å². The molecule has 7 nitrogen and oxygen atoms in total. The maximum atomic E-state index is 13.4. The van der Waals surface area contributed by atoms with E-state index in [1.54, 1.807) is 0 Å². The molecule has 1 aromatic rings. The zero-order valence-corrected chi connectivity index (χ0v) is 17.1. The lowest BCUT2D eigenvalue weighted by Gasteiger charge is -2.42. The van der Waals surface area contributed by atoms with E-state index in [1.165, 1.54) is 12.8 Å². The Kier molecular flexibility index (Phi) is 6.67. The normalized spacial score (nSPS) is 22.5. The fraction of sp³-hybridized carbons (Fsp3) is 0.636. The van der Waals surface area contributed by atoms with E-state index in [0.717, 1.165) is 31.6 Å². The number of para-hydroxylation sites is 1. The predicted molar refractivity (Wildman–Crippen MR) is 112 cm³/mol. The van der Waals surface area contributed by atoms with Crippen LogP contribution in [0.2, 0.25) is 0 Å². The third-order valence-corrected chi connectivity index (χ3v) is 6.44. The maximum absolute atomic E-state index is 13.4. The number of piperazine rings is 1. The topological polar surface area (TPSA) is 65.1 Å². The third-order valence-electron chi connectivity index (χ3n) is 6.44. The van der Waals surface area contributed by atoms with Gasteiger partial charge in [-0.05, 0) is 30.9 Å². The molecule has 3 amide bonds. The van der Waals surface area contributed by atoms with Gasteiger partial charge in [-0.2, -0.15) is 0 Å². The lowest BCUT2D eigenvalue weighted by Crippen LogP contribution is -2.59. The summed E-state index contributed by atoms with van der Waals surface area (Å²) in [6.07, 6.45) is 4.71. The van der Waals surface area contributed by atoms with E-state index in [0.29, 0.717) is 45.3 Å². The first-order valence-electron chi connectivity index (χ1n) is 10.9. The van der Waals surface area contributed by atoms with E-state index in [4.69, 9.17) is 4.74 Å². The highest BCUT2D eigenvalue weighted by atomic mass is 16.5. The number of ether oxygens (including phenoxy) is 1. The number of carbonyl (C=O) groups is 2. The molecule has 0 radical (unpaired) electrons. The molecule has 1 aliphatic carbocycles. The van der Waals surface area contributed by atoms with Crippen LogP contribution in [0.4, 0.5) is 10.5 Å².